The van der Waals surface area contributed by atoms with Crippen LogP contribution in [0.3, 0.4) is 0 Å². The summed E-state index contributed by atoms with van der Waals surface area (Å²) in [5.74, 6) is 0.534. The Morgan fingerprint density at radius 1 is 1.29 bits per heavy atom. The summed E-state index contributed by atoms with van der Waals surface area (Å²) in [6.07, 6.45) is 4.71. The number of hydrogen-bond acceptors (Lipinski definition) is 3. The van der Waals surface area contributed by atoms with Gasteiger partial charge in [-0.1, -0.05) is 25.0 Å². The van der Waals surface area contributed by atoms with Crippen molar-refractivity contribution >= 4 is 11.0 Å². The minimum absolute atomic E-state index is 0.0408. The molecule has 0 spiro atoms. The van der Waals surface area contributed by atoms with Crippen LogP contribution in [0, 0.1) is 5.82 Å². The fourth-order valence-corrected chi connectivity index (χ4v) is 3.85. The Balaban J connectivity index is 2.07. The minimum Gasteiger partial charge on any atom is -0.456 e. The molecule has 1 aromatic carbocycles. The predicted molar refractivity (Wildman–Crippen MR) is 82.9 cm³/mol. The summed E-state index contributed by atoms with van der Waals surface area (Å²) >= 11 is 0. The smallest absolute Gasteiger partial charge is 0.169 e. The van der Waals surface area contributed by atoms with Gasteiger partial charge in [-0.2, -0.15) is 0 Å². The van der Waals surface area contributed by atoms with Crippen molar-refractivity contribution in [1.82, 2.24) is 10.2 Å². The molecule has 1 saturated carbocycles. The molecule has 0 bridgehead atoms. The zero-order chi connectivity index (χ0) is 15.0. The Kier molecular flexibility index (Phi) is 3.76. The highest BCUT2D eigenvalue weighted by Gasteiger charge is 2.44. The largest absolute Gasteiger partial charge is 0.456 e. The summed E-state index contributed by atoms with van der Waals surface area (Å²) in [7, 11) is 6.20. The molecular formula is C17H23FN2O. The summed E-state index contributed by atoms with van der Waals surface area (Å²) in [6, 6.07) is 7.11. The van der Waals surface area contributed by atoms with E-state index in [0.29, 0.717) is 5.58 Å². The molecule has 1 aliphatic carbocycles. The molecule has 0 amide bonds. The van der Waals surface area contributed by atoms with Crippen molar-refractivity contribution in [2.45, 2.75) is 37.3 Å². The van der Waals surface area contributed by atoms with E-state index in [1.165, 1.54) is 18.9 Å². The van der Waals surface area contributed by atoms with Crippen molar-refractivity contribution in [2.75, 3.05) is 21.1 Å². The first-order valence-corrected chi connectivity index (χ1v) is 7.61. The molecule has 1 fully saturated rings. The van der Waals surface area contributed by atoms with Gasteiger partial charge in [-0.15, -0.1) is 0 Å². The second-order valence-electron chi connectivity index (χ2n) is 6.23. The van der Waals surface area contributed by atoms with E-state index in [1.807, 2.05) is 19.2 Å². The van der Waals surface area contributed by atoms with E-state index in [2.05, 4.69) is 24.3 Å². The van der Waals surface area contributed by atoms with Gasteiger partial charge in [0.2, 0.25) is 0 Å². The number of benzene rings is 1. The fourth-order valence-electron chi connectivity index (χ4n) is 3.85. The molecule has 0 saturated heterocycles. The lowest BCUT2D eigenvalue weighted by Gasteiger charge is -2.42. The Morgan fingerprint density at radius 3 is 2.57 bits per heavy atom. The Bertz CT molecular complexity index is 629. The lowest BCUT2D eigenvalue weighted by atomic mass is 9.85. The minimum atomic E-state index is -0.293. The van der Waals surface area contributed by atoms with Gasteiger partial charge in [0.15, 0.2) is 11.4 Å². The van der Waals surface area contributed by atoms with Crippen molar-refractivity contribution in [3.63, 3.8) is 0 Å². The number of hydrogen-bond donors (Lipinski definition) is 1. The SMILES string of the molecule is CNC(c1cc2cccc(F)c2o1)C1(N(C)C)CCCC1. The van der Waals surface area contributed by atoms with Crippen LogP contribution in [0.5, 0.6) is 0 Å². The van der Waals surface area contributed by atoms with Gasteiger partial charge in [-0.05, 0) is 46.1 Å². The number of halogens is 1. The summed E-state index contributed by atoms with van der Waals surface area (Å²) in [5, 5.41) is 4.24. The lowest BCUT2D eigenvalue weighted by molar-refractivity contribution is 0.0981. The maximum atomic E-state index is 13.9. The molecule has 1 unspecified atom stereocenters. The Labute approximate surface area is 125 Å². The summed E-state index contributed by atoms with van der Waals surface area (Å²) in [5.41, 5.74) is 0.402. The lowest BCUT2D eigenvalue weighted by Crippen LogP contribution is -2.51. The third-order valence-corrected chi connectivity index (χ3v) is 4.99. The van der Waals surface area contributed by atoms with Crippen LogP contribution in [0.2, 0.25) is 0 Å². The molecule has 1 atom stereocenters. The van der Waals surface area contributed by atoms with Crippen molar-refractivity contribution in [1.29, 1.82) is 0 Å². The molecular weight excluding hydrogens is 267 g/mol. The van der Waals surface area contributed by atoms with Crippen LogP contribution in [0.4, 0.5) is 4.39 Å². The molecule has 1 N–H and O–H groups in total. The van der Waals surface area contributed by atoms with E-state index in [0.717, 1.165) is 24.0 Å². The summed E-state index contributed by atoms with van der Waals surface area (Å²) in [4.78, 5) is 2.30. The van der Waals surface area contributed by atoms with Crippen LogP contribution in [-0.2, 0) is 0 Å². The van der Waals surface area contributed by atoms with Gasteiger partial charge in [-0.3, -0.25) is 0 Å². The van der Waals surface area contributed by atoms with E-state index < -0.39 is 0 Å². The fraction of sp³-hybridized carbons (Fsp3) is 0.529. The van der Waals surface area contributed by atoms with Gasteiger partial charge in [0.05, 0.1) is 6.04 Å². The Morgan fingerprint density at radius 2 is 2.00 bits per heavy atom. The number of likely N-dealkylation sites (N-methyl/N-ethyl adjacent to an activating group) is 2. The van der Waals surface area contributed by atoms with Crippen molar-refractivity contribution < 1.29 is 8.81 Å². The highest BCUT2D eigenvalue weighted by atomic mass is 19.1. The van der Waals surface area contributed by atoms with E-state index in [1.54, 1.807) is 6.07 Å². The molecule has 1 heterocycles. The van der Waals surface area contributed by atoms with Gasteiger partial charge >= 0.3 is 0 Å². The topological polar surface area (TPSA) is 28.4 Å². The first-order valence-electron chi connectivity index (χ1n) is 7.61. The molecule has 0 radical (unpaired) electrons. The third-order valence-electron chi connectivity index (χ3n) is 4.99. The number of nitrogens with one attached hydrogen (secondary N) is 1. The van der Waals surface area contributed by atoms with Crippen LogP contribution in [0.25, 0.3) is 11.0 Å². The molecule has 1 aliphatic rings. The first-order chi connectivity index (χ1) is 10.1. The second-order valence-corrected chi connectivity index (χ2v) is 6.23. The van der Waals surface area contributed by atoms with Gasteiger partial charge in [0.25, 0.3) is 0 Å². The molecule has 1 aromatic heterocycles. The molecule has 3 rings (SSSR count). The average molecular weight is 290 g/mol. The van der Waals surface area contributed by atoms with E-state index in [9.17, 15) is 4.39 Å². The van der Waals surface area contributed by atoms with Gasteiger partial charge in [-0.25, -0.2) is 4.39 Å². The molecule has 21 heavy (non-hydrogen) atoms. The highest BCUT2D eigenvalue weighted by molar-refractivity contribution is 5.78. The quantitative estimate of drug-likeness (QED) is 0.930. The standard InChI is InChI=1S/C17H23FN2O/c1-19-16(17(20(2)3)9-4-5-10-17)14-11-12-7-6-8-13(18)15(12)21-14/h6-8,11,16,19H,4-5,9-10H2,1-3H3. The third kappa shape index (κ3) is 2.27. The van der Waals surface area contributed by atoms with Crippen LogP contribution in [0.15, 0.2) is 28.7 Å². The molecule has 4 heteroatoms. The van der Waals surface area contributed by atoms with Gasteiger partial charge in [0, 0.05) is 10.9 Å². The highest BCUT2D eigenvalue weighted by Crippen LogP contribution is 2.44. The number of nitrogens with zero attached hydrogens (tertiary/aromatic N) is 1. The van der Waals surface area contributed by atoms with Crippen LogP contribution < -0.4 is 5.32 Å². The molecule has 0 aliphatic heterocycles. The van der Waals surface area contributed by atoms with Gasteiger partial charge in [0.1, 0.15) is 5.76 Å². The monoisotopic (exact) mass is 290 g/mol. The zero-order valence-corrected chi connectivity index (χ0v) is 12.9. The van der Waals surface area contributed by atoms with Crippen LogP contribution >= 0.6 is 0 Å². The zero-order valence-electron chi connectivity index (χ0n) is 12.9. The maximum absolute atomic E-state index is 13.9. The van der Waals surface area contributed by atoms with E-state index in [4.69, 9.17) is 4.42 Å². The van der Waals surface area contributed by atoms with Crippen molar-refractivity contribution in [2.24, 2.45) is 0 Å². The normalized spacial score (nSPS) is 19.5. The molecule has 2 aromatic rings. The molecule has 3 nitrogen and oxygen atoms in total. The number of furan rings is 1. The molecule has 114 valence electrons. The van der Waals surface area contributed by atoms with Crippen molar-refractivity contribution in [3.8, 4) is 0 Å². The maximum Gasteiger partial charge on any atom is 0.169 e. The average Bonchev–Trinajstić information content (AvgIpc) is 3.08. The van der Waals surface area contributed by atoms with Crippen molar-refractivity contribution in [3.05, 3.63) is 35.8 Å². The number of rotatable bonds is 4. The van der Waals surface area contributed by atoms with Crippen LogP contribution in [-0.4, -0.2) is 31.6 Å². The summed E-state index contributed by atoms with van der Waals surface area (Å²) in [6.45, 7) is 0. The van der Waals surface area contributed by atoms with E-state index >= 15 is 0 Å². The first kappa shape index (κ1) is 14.5. The van der Waals surface area contributed by atoms with Gasteiger partial charge < -0.3 is 14.6 Å². The van der Waals surface area contributed by atoms with Crippen LogP contribution in [0.1, 0.15) is 37.5 Å². The summed E-state index contributed by atoms with van der Waals surface area (Å²) < 4.78 is 19.7. The second kappa shape index (κ2) is 5.43. The predicted octanol–water partition coefficient (Wildman–Crippen LogP) is 3.71. The number of fused-ring (bicyclic) bond motifs is 1. The van der Waals surface area contributed by atoms with E-state index in [-0.39, 0.29) is 17.4 Å². The Hall–Kier alpha value is -1.39. The number of para-hydroxylation sites is 1.